The molecule has 1 aromatic carbocycles. The molecule has 1 atom stereocenters. The van der Waals surface area contributed by atoms with Gasteiger partial charge >= 0.3 is 6.03 Å². The predicted octanol–water partition coefficient (Wildman–Crippen LogP) is 2.66. The van der Waals surface area contributed by atoms with Gasteiger partial charge in [-0.25, -0.2) is 4.79 Å². The van der Waals surface area contributed by atoms with E-state index in [-0.39, 0.29) is 18.1 Å². The molecule has 1 fully saturated rings. The summed E-state index contributed by atoms with van der Waals surface area (Å²) in [6, 6.07) is 8.22. The van der Waals surface area contributed by atoms with Crippen molar-refractivity contribution in [3.8, 4) is 0 Å². The summed E-state index contributed by atoms with van der Waals surface area (Å²) >= 11 is 0. The van der Waals surface area contributed by atoms with Crippen LogP contribution in [0.1, 0.15) is 38.3 Å². The van der Waals surface area contributed by atoms with Gasteiger partial charge in [0.15, 0.2) is 0 Å². The number of rotatable bonds is 6. The number of anilines is 1. The highest BCUT2D eigenvalue weighted by Gasteiger charge is 2.30. The summed E-state index contributed by atoms with van der Waals surface area (Å²) < 4.78 is 5.48. The zero-order valence-corrected chi connectivity index (χ0v) is 13.0. The van der Waals surface area contributed by atoms with Crippen molar-refractivity contribution in [3.05, 3.63) is 29.8 Å². The zero-order chi connectivity index (χ0) is 15.2. The lowest BCUT2D eigenvalue weighted by Gasteiger charge is -2.35. The van der Waals surface area contributed by atoms with Crippen molar-refractivity contribution in [1.82, 2.24) is 10.6 Å². The van der Waals surface area contributed by atoms with Gasteiger partial charge in [0.1, 0.15) is 0 Å². The maximum absolute atomic E-state index is 12.0. The molecule has 0 spiro atoms. The summed E-state index contributed by atoms with van der Waals surface area (Å²) in [5, 5.41) is 9.05. The molecular weight excluding hydrogens is 266 g/mol. The number of hydrogen-bond donors (Lipinski definition) is 3. The Balaban J connectivity index is 1.80. The molecular formula is C16H25N3O2. The van der Waals surface area contributed by atoms with Gasteiger partial charge in [-0.2, -0.15) is 0 Å². The minimum Gasteiger partial charge on any atom is -0.378 e. The summed E-state index contributed by atoms with van der Waals surface area (Å²) in [6.45, 7) is 4.81. The minimum atomic E-state index is -0.149. The molecule has 2 rings (SSSR count). The molecule has 21 heavy (non-hydrogen) atoms. The fraction of sp³-hybridized carbons (Fsp3) is 0.562. The molecule has 0 radical (unpaired) electrons. The van der Waals surface area contributed by atoms with Crippen molar-refractivity contribution in [2.45, 2.75) is 44.9 Å². The summed E-state index contributed by atoms with van der Waals surface area (Å²) in [6.07, 6.45) is 2.11. The van der Waals surface area contributed by atoms with Crippen LogP contribution in [0.25, 0.3) is 0 Å². The lowest BCUT2D eigenvalue weighted by molar-refractivity contribution is -0.00673. The maximum atomic E-state index is 12.0. The van der Waals surface area contributed by atoms with Crippen LogP contribution in [0.5, 0.6) is 0 Å². The molecule has 0 bridgehead atoms. The van der Waals surface area contributed by atoms with Gasteiger partial charge in [0.25, 0.3) is 0 Å². The number of benzene rings is 1. The summed E-state index contributed by atoms with van der Waals surface area (Å²) in [5.41, 5.74) is 1.96. The van der Waals surface area contributed by atoms with Crippen LogP contribution in [0.4, 0.5) is 10.5 Å². The number of carbonyl (C=O) groups is 1. The van der Waals surface area contributed by atoms with Crippen LogP contribution in [0, 0.1) is 0 Å². The highest BCUT2D eigenvalue weighted by atomic mass is 16.5. The Bertz CT molecular complexity index is 472. The van der Waals surface area contributed by atoms with Gasteiger partial charge in [0.05, 0.1) is 6.10 Å². The highest BCUT2D eigenvalue weighted by Crippen LogP contribution is 2.23. The molecule has 1 aromatic rings. The lowest BCUT2D eigenvalue weighted by atomic mass is 9.89. The third-order valence-electron chi connectivity index (χ3n) is 3.91. The molecule has 5 heteroatoms. The molecule has 0 saturated heterocycles. The van der Waals surface area contributed by atoms with Crippen molar-refractivity contribution in [2.75, 3.05) is 19.0 Å². The van der Waals surface area contributed by atoms with Crippen LogP contribution in [0.2, 0.25) is 0 Å². The number of amides is 2. The van der Waals surface area contributed by atoms with E-state index in [0.29, 0.717) is 6.10 Å². The van der Waals surface area contributed by atoms with Crippen LogP contribution in [-0.2, 0) is 4.74 Å². The number of nitrogens with one attached hydrogen (secondary N) is 3. The Morgan fingerprint density at radius 2 is 2.19 bits per heavy atom. The van der Waals surface area contributed by atoms with Crippen LogP contribution >= 0.6 is 0 Å². The topological polar surface area (TPSA) is 62.4 Å². The van der Waals surface area contributed by atoms with E-state index >= 15 is 0 Å². The smallest absolute Gasteiger partial charge is 0.319 e. The first kappa shape index (κ1) is 15.8. The monoisotopic (exact) mass is 291 g/mol. The van der Waals surface area contributed by atoms with Crippen LogP contribution in [-0.4, -0.2) is 31.8 Å². The molecule has 1 aliphatic carbocycles. The van der Waals surface area contributed by atoms with E-state index in [2.05, 4.69) is 22.9 Å². The second kappa shape index (κ2) is 7.43. The van der Waals surface area contributed by atoms with Gasteiger partial charge < -0.3 is 20.7 Å². The highest BCUT2D eigenvalue weighted by molar-refractivity contribution is 5.89. The first-order valence-corrected chi connectivity index (χ1v) is 7.58. The van der Waals surface area contributed by atoms with Crippen LogP contribution in [0.3, 0.4) is 0 Å². The maximum Gasteiger partial charge on any atom is 0.319 e. The molecule has 5 nitrogen and oxygen atoms in total. The molecule has 3 N–H and O–H groups in total. The minimum absolute atomic E-state index is 0.149. The fourth-order valence-corrected chi connectivity index (χ4v) is 2.46. The largest absolute Gasteiger partial charge is 0.378 e. The molecule has 0 aliphatic heterocycles. The van der Waals surface area contributed by atoms with E-state index in [4.69, 9.17) is 4.74 Å². The molecule has 116 valence electrons. The Kier molecular flexibility index (Phi) is 5.59. The van der Waals surface area contributed by atoms with E-state index in [1.165, 1.54) is 0 Å². The Labute approximate surface area is 126 Å². The Morgan fingerprint density at radius 1 is 1.43 bits per heavy atom. The number of hydrogen-bond acceptors (Lipinski definition) is 3. The van der Waals surface area contributed by atoms with Crippen molar-refractivity contribution in [2.24, 2.45) is 0 Å². The van der Waals surface area contributed by atoms with E-state index in [1.54, 1.807) is 0 Å². The van der Waals surface area contributed by atoms with Gasteiger partial charge in [-0.3, -0.25) is 0 Å². The fourth-order valence-electron chi connectivity index (χ4n) is 2.46. The number of ether oxygens (including phenoxy) is 1. The van der Waals surface area contributed by atoms with Crippen molar-refractivity contribution in [3.63, 3.8) is 0 Å². The molecule has 2 amide bonds. The third kappa shape index (κ3) is 4.44. The van der Waals surface area contributed by atoms with Gasteiger partial charge in [-0.15, -0.1) is 0 Å². The molecule has 1 aliphatic rings. The molecule has 0 aromatic heterocycles. The average Bonchev–Trinajstić information content (AvgIpc) is 2.44. The standard InChI is InChI=1S/C16H25N3O2/c1-4-21-15-9-14(10-15)19-16(20)18-13-7-5-6-12(8-13)11(2)17-3/h5-8,11,14-15,17H,4,9-10H2,1-3H3,(H2,18,19,20). The number of urea groups is 1. The molecule has 1 unspecified atom stereocenters. The molecule has 0 heterocycles. The second-order valence-corrected chi connectivity index (χ2v) is 5.48. The van der Waals surface area contributed by atoms with Crippen LogP contribution < -0.4 is 16.0 Å². The van der Waals surface area contributed by atoms with Crippen molar-refractivity contribution in [1.29, 1.82) is 0 Å². The van der Waals surface area contributed by atoms with E-state index < -0.39 is 0 Å². The quantitative estimate of drug-likeness (QED) is 0.755. The van der Waals surface area contributed by atoms with Gasteiger partial charge in [0.2, 0.25) is 0 Å². The Hall–Kier alpha value is -1.59. The van der Waals surface area contributed by atoms with Crippen molar-refractivity contribution < 1.29 is 9.53 Å². The average molecular weight is 291 g/mol. The Morgan fingerprint density at radius 3 is 2.86 bits per heavy atom. The summed E-state index contributed by atoms with van der Waals surface area (Å²) in [5.74, 6) is 0. The van der Waals surface area contributed by atoms with Gasteiger partial charge in [-0.1, -0.05) is 12.1 Å². The molecule has 1 saturated carbocycles. The lowest BCUT2D eigenvalue weighted by Crippen LogP contribution is -2.49. The summed E-state index contributed by atoms with van der Waals surface area (Å²) in [7, 11) is 1.92. The second-order valence-electron chi connectivity index (χ2n) is 5.48. The SMILES string of the molecule is CCOC1CC(NC(=O)Nc2cccc(C(C)NC)c2)C1. The zero-order valence-electron chi connectivity index (χ0n) is 13.0. The van der Waals surface area contributed by atoms with Crippen LogP contribution in [0.15, 0.2) is 24.3 Å². The first-order chi connectivity index (χ1) is 10.1. The predicted molar refractivity (Wildman–Crippen MR) is 84.5 cm³/mol. The number of carbonyl (C=O) groups excluding carboxylic acids is 1. The van der Waals surface area contributed by atoms with E-state index in [1.807, 2.05) is 38.2 Å². The van der Waals surface area contributed by atoms with Gasteiger partial charge in [-0.05, 0) is 51.4 Å². The van der Waals surface area contributed by atoms with E-state index in [9.17, 15) is 4.79 Å². The normalized spacial score (nSPS) is 22.2. The van der Waals surface area contributed by atoms with E-state index in [0.717, 1.165) is 30.7 Å². The third-order valence-corrected chi connectivity index (χ3v) is 3.91. The van der Waals surface area contributed by atoms with Crippen molar-refractivity contribution >= 4 is 11.7 Å². The summed E-state index contributed by atoms with van der Waals surface area (Å²) in [4.78, 5) is 12.0. The van der Waals surface area contributed by atoms with Gasteiger partial charge in [0, 0.05) is 24.4 Å². The first-order valence-electron chi connectivity index (χ1n) is 7.58.